The van der Waals surface area contributed by atoms with E-state index < -0.39 is 291 Å². The predicted molar refractivity (Wildman–Crippen MR) is 359 cm³/mol. The van der Waals surface area contributed by atoms with Crippen LogP contribution in [0, 0.1) is 0 Å². The van der Waals surface area contributed by atoms with E-state index in [1.54, 1.807) is 0 Å². The van der Waals surface area contributed by atoms with Crippen LogP contribution in [0.3, 0.4) is 0 Å². The number of benzene rings is 10. The van der Waals surface area contributed by atoms with Crippen LogP contribution in [0.5, 0.6) is 155 Å². The standard InChI is InChI=1S/C75H62O32/c76-26-4-1-21(2-5-26)68-63(99)56(48-32(81)14-27(77)15-47(48)103-68)50-34(83)18-36(85)52-58(65(101)70(105-73(50)52)24-10-42(91)61(97)43(92)11-24)54-38(87)20-39(88)55-59(66(102)71(107-75(54)55)25-12-44(93)62(98)45(94)13-25)53-37(86)19-35(84)51-57(64(100)69(106-74(51)53)23-8-40(89)60(96)41(90)9-23)49-33(82)17-30(79)28-16-46(95)67(104-72(28)49)22-3-6-29(78)31(80)7-22/h1-15,17-20,46,56-59,63-71,76-102H,16H2/t46-,56+,57-,58+,59-,63+,64+,65+,66+,67+,68+,69+,70+,71+/m0/s1. The zero-order valence-corrected chi connectivity index (χ0v) is 54.4. The number of hydrogen-bond donors (Lipinski definition) is 27. The van der Waals surface area contributed by atoms with Crippen molar-refractivity contribution in [3.63, 3.8) is 0 Å². The van der Waals surface area contributed by atoms with E-state index in [0.29, 0.717) is 18.2 Å². The van der Waals surface area contributed by atoms with Crippen molar-refractivity contribution < 1.29 is 162 Å². The molecule has 10 aromatic carbocycles. The molecule has 0 aromatic heterocycles. The number of phenols is 22. The third-order valence-corrected chi connectivity index (χ3v) is 20.3. The first-order chi connectivity index (χ1) is 50.7. The summed E-state index contributed by atoms with van der Waals surface area (Å²) in [6.45, 7) is 0. The lowest BCUT2D eigenvalue weighted by Gasteiger charge is -2.45. The summed E-state index contributed by atoms with van der Waals surface area (Å²) in [5.41, 5.74) is -7.10. The van der Waals surface area contributed by atoms with Crippen LogP contribution in [-0.4, -0.2) is 168 Å². The minimum Gasteiger partial charge on any atom is -0.508 e. The Hall–Kier alpha value is -13.4. The molecule has 32 heteroatoms. The molecule has 0 radical (unpaired) electrons. The third kappa shape index (κ3) is 10.8. The number of aliphatic hydroxyl groups excluding tert-OH is 5. The van der Waals surface area contributed by atoms with Gasteiger partial charge in [-0.2, -0.15) is 0 Å². The summed E-state index contributed by atoms with van der Waals surface area (Å²) in [5, 5.41) is 317. The van der Waals surface area contributed by atoms with Gasteiger partial charge in [0.15, 0.2) is 87.7 Å². The molecule has 0 unspecified atom stereocenters. The molecular formula is C75H62O32. The van der Waals surface area contributed by atoms with Crippen LogP contribution in [0.15, 0.2) is 115 Å². The van der Waals surface area contributed by atoms with Crippen LogP contribution < -0.4 is 23.7 Å². The Bertz CT molecular complexity index is 5300. The molecule has 107 heavy (non-hydrogen) atoms. The molecule has 32 nitrogen and oxygen atoms in total. The Morgan fingerprint density at radius 3 is 0.888 bits per heavy atom. The number of aromatic hydroxyl groups is 22. The fraction of sp³-hybridized carbons (Fsp3) is 0.200. The van der Waals surface area contributed by atoms with Gasteiger partial charge in [-0.15, -0.1) is 0 Å². The minimum atomic E-state index is -2.48. The maximum absolute atomic E-state index is 13.4. The Balaban J connectivity index is 1.02. The third-order valence-electron chi connectivity index (χ3n) is 20.3. The lowest BCUT2D eigenvalue weighted by molar-refractivity contribution is -0.0102. The largest absolute Gasteiger partial charge is 0.508 e. The molecule has 27 N–H and O–H groups in total. The maximum Gasteiger partial charge on any atom is 0.200 e. The van der Waals surface area contributed by atoms with Gasteiger partial charge in [0, 0.05) is 110 Å². The second kappa shape index (κ2) is 24.9. The second-order valence-corrected chi connectivity index (χ2v) is 26.6. The van der Waals surface area contributed by atoms with Crippen LogP contribution in [-0.2, 0) is 6.42 Å². The average molecular weight is 1480 g/mol. The van der Waals surface area contributed by atoms with Gasteiger partial charge in [-0.25, -0.2) is 0 Å². The topological polar surface area (TPSA) is 592 Å². The molecule has 554 valence electrons. The van der Waals surface area contributed by atoms with Gasteiger partial charge in [0.25, 0.3) is 0 Å². The van der Waals surface area contributed by atoms with E-state index in [0.717, 1.165) is 66.7 Å². The number of phenolic OH excluding ortho intramolecular Hbond substituents is 22. The van der Waals surface area contributed by atoms with Gasteiger partial charge >= 0.3 is 0 Å². The van der Waals surface area contributed by atoms with Gasteiger partial charge in [-0.3, -0.25) is 0 Å². The normalized spacial score (nSPS) is 24.0. The predicted octanol–water partition coefficient (Wildman–Crippen LogP) is 6.75. The van der Waals surface area contributed by atoms with E-state index >= 15 is 0 Å². The quantitative estimate of drug-likeness (QED) is 0.0664. The fourth-order valence-electron chi connectivity index (χ4n) is 15.6. The number of fused-ring (bicyclic) bond motifs is 5. The average Bonchev–Trinajstić information content (AvgIpc) is 0.705. The van der Waals surface area contributed by atoms with E-state index in [-0.39, 0.29) is 33.8 Å². The van der Waals surface area contributed by atoms with E-state index in [9.17, 15) is 138 Å². The van der Waals surface area contributed by atoms with Crippen molar-refractivity contribution in [1.29, 1.82) is 0 Å². The highest BCUT2D eigenvalue weighted by Gasteiger charge is 2.55. The molecule has 15 rings (SSSR count). The monoisotopic (exact) mass is 1470 g/mol. The summed E-state index contributed by atoms with van der Waals surface area (Å²) in [5.74, 6) is -32.9. The SMILES string of the molecule is Oc1ccc([C@H]2Oc3cc(O)cc(O)c3[C@H](c3c(O)cc(O)c4c3O[C@H](c3cc(O)c(O)c(O)c3)[C@H](O)[C@H]4c3c(O)cc(O)c4c3O[C@H](c3cc(O)c(O)c(O)c3)[C@H](O)[C@H]4c3c(O)cc(O)c4c3O[C@H](c3cc(O)c(O)c(O)c3)[C@H](O)[C@H]4c3c(O)cc(O)c4c3O[C@H](c3ccc(O)c(O)c3)[C@@H](O)C4)[C@H]2O)cc1. The summed E-state index contributed by atoms with van der Waals surface area (Å²) in [6.07, 6.45) is -21.1. The van der Waals surface area contributed by atoms with Crippen LogP contribution in [0.4, 0.5) is 0 Å². The van der Waals surface area contributed by atoms with E-state index in [4.69, 9.17) is 23.7 Å². The van der Waals surface area contributed by atoms with Crippen molar-refractivity contribution in [1.82, 2.24) is 0 Å². The van der Waals surface area contributed by atoms with Crippen LogP contribution >= 0.6 is 0 Å². The Morgan fingerprint density at radius 1 is 0.224 bits per heavy atom. The molecule has 0 amide bonds. The highest BCUT2D eigenvalue weighted by molar-refractivity contribution is 5.75. The van der Waals surface area contributed by atoms with Crippen LogP contribution in [0.25, 0.3) is 0 Å². The molecule has 0 saturated heterocycles. The second-order valence-electron chi connectivity index (χ2n) is 26.6. The van der Waals surface area contributed by atoms with Crippen molar-refractivity contribution >= 4 is 0 Å². The highest BCUT2D eigenvalue weighted by atomic mass is 16.5. The first kappa shape index (κ1) is 69.3. The minimum absolute atomic E-state index is 0.0171. The van der Waals surface area contributed by atoms with E-state index in [2.05, 4.69) is 0 Å². The number of rotatable bonds is 9. The summed E-state index contributed by atoms with van der Waals surface area (Å²) in [4.78, 5) is 0. The molecule has 0 bridgehead atoms. The molecule has 5 heterocycles. The van der Waals surface area contributed by atoms with Crippen LogP contribution in [0.2, 0.25) is 0 Å². The molecule has 0 spiro atoms. The lowest BCUT2D eigenvalue weighted by Crippen LogP contribution is -2.40. The number of aliphatic hydroxyl groups is 5. The summed E-state index contributed by atoms with van der Waals surface area (Å²) in [6, 6.07) is 17.6. The van der Waals surface area contributed by atoms with Gasteiger partial charge in [-0.1, -0.05) is 18.2 Å². The van der Waals surface area contributed by atoms with Gasteiger partial charge in [0.1, 0.15) is 123 Å². The smallest absolute Gasteiger partial charge is 0.200 e. The maximum atomic E-state index is 13.4. The number of hydrogen-bond acceptors (Lipinski definition) is 32. The Kier molecular flexibility index (Phi) is 16.1. The highest BCUT2D eigenvalue weighted by Crippen LogP contribution is 2.67. The lowest BCUT2D eigenvalue weighted by atomic mass is 9.71. The van der Waals surface area contributed by atoms with Crippen molar-refractivity contribution in [2.45, 2.75) is 91.1 Å². The molecule has 10 aromatic rings. The molecule has 0 fully saturated rings. The summed E-state index contributed by atoms with van der Waals surface area (Å²) in [7, 11) is 0. The summed E-state index contributed by atoms with van der Waals surface area (Å²) >= 11 is 0. The van der Waals surface area contributed by atoms with Crippen molar-refractivity contribution in [2.75, 3.05) is 0 Å². The zero-order chi connectivity index (χ0) is 76.4. The first-order valence-corrected chi connectivity index (χ1v) is 32.4. The van der Waals surface area contributed by atoms with Crippen molar-refractivity contribution in [3.05, 3.63) is 193 Å². The van der Waals surface area contributed by atoms with Crippen molar-refractivity contribution in [3.8, 4) is 155 Å². The fourth-order valence-corrected chi connectivity index (χ4v) is 15.6. The zero-order valence-electron chi connectivity index (χ0n) is 54.4. The van der Waals surface area contributed by atoms with Gasteiger partial charge < -0.3 is 162 Å². The molecule has 14 atom stereocenters. The molecular weight excluding hydrogens is 1410 g/mol. The van der Waals surface area contributed by atoms with E-state index in [1.807, 2.05) is 0 Å². The van der Waals surface area contributed by atoms with Gasteiger partial charge in [0.2, 0.25) is 0 Å². The first-order valence-electron chi connectivity index (χ1n) is 32.4. The van der Waals surface area contributed by atoms with Crippen LogP contribution in [0.1, 0.15) is 132 Å². The van der Waals surface area contributed by atoms with Gasteiger partial charge in [0.05, 0.1) is 29.8 Å². The molecule has 0 aliphatic carbocycles. The summed E-state index contributed by atoms with van der Waals surface area (Å²) < 4.78 is 32.6. The van der Waals surface area contributed by atoms with Gasteiger partial charge in [-0.05, 0) is 71.8 Å². The Labute approximate surface area is 598 Å². The molecule has 5 aliphatic rings. The van der Waals surface area contributed by atoms with Crippen molar-refractivity contribution in [2.24, 2.45) is 0 Å². The van der Waals surface area contributed by atoms with E-state index in [1.165, 1.54) is 30.3 Å². The Morgan fingerprint density at radius 2 is 0.523 bits per heavy atom. The molecule has 0 saturated carbocycles. The molecule has 5 aliphatic heterocycles. The number of ether oxygens (including phenoxy) is 5.